The van der Waals surface area contributed by atoms with Gasteiger partial charge in [-0.1, -0.05) is 12.1 Å². The van der Waals surface area contributed by atoms with Crippen LogP contribution in [0.15, 0.2) is 18.2 Å². The molecule has 0 saturated carbocycles. The maximum atomic E-state index is 12.7. The van der Waals surface area contributed by atoms with Crippen LogP contribution in [-0.4, -0.2) is 66.2 Å². The summed E-state index contributed by atoms with van der Waals surface area (Å²) in [5.41, 5.74) is 3.38. The van der Waals surface area contributed by atoms with E-state index < -0.39 is 0 Å². The van der Waals surface area contributed by atoms with Crippen molar-refractivity contribution in [3.05, 3.63) is 34.9 Å². The van der Waals surface area contributed by atoms with Gasteiger partial charge in [0.15, 0.2) is 5.78 Å². The van der Waals surface area contributed by atoms with E-state index in [4.69, 9.17) is 0 Å². The number of Topliss-reactive ketones (excluding diaryl/α,β-unsaturated/α-hetero) is 1. The third-order valence-corrected chi connectivity index (χ3v) is 6.30. The number of benzene rings is 1. The van der Waals surface area contributed by atoms with Crippen LogP contribution >= 0.6 is 0 Å². The molecule has 28 heavy (non-hydrogen) atoms. The Kier molecular flexibility index (Phi) is 5.76. The molecule has 1 aromatic rings. The largest absolute Gasteiger partial charge is 0.341 e. The van der Waals surface area contributed by atoms with Crippen LogP contribution in [0.1, 0.15) is 53.6 Å². The first-order valence-electron chi connectivity index (χ1n) is 10.5. The van der Waals surface area contributed by atoms with Gasteiger partial charge in [-0.15, -0.1) is 0 Å². The van der Waals surface area contributed by atoms with Gasteiger partial charge >= 0.3 is 0 Å². The Morgan fingerprint density at radius 1 is 1.07 bits per heavy atom. The summed E-state index contributed by atoms with van der Waals surface area (Å²) in [4.78, 5) is 41.2. The zero-order chi connectivity index (χ0) is 19.5. The van der Waals surface area contributed by atoms with Crippen LogP contribution < -0.4 is 5.32 Å². The Balaban J connectivity index is 1.30. The van der Waals surface area contributed by atoms with Crippen LogP contribution in [0.2, 0.25) is 0 Å². The van der Waals surface area contributed by atoms with Crippen molar-refractivity contribution in [2.45, 2.75) is 51.0 Å². The SMILES string of the molecule is O=C(CCC(=O)N1CCCC(N2CCNCC2=O)C1)c1ccc2c(c1)CCC2. The summed E-state index contributed by atoms with van der Waals surface area (Å²) >= 11 is 0. The van der Waals surface area contributed by atoms with Gasteiger partial charge in [-0.25, -0.2) is 0 Å². The van der Waals surface area contributed by atoms with Gasteiger partial charge < -0.3 is 15.1 Å². The zero-order valence-electron chi connectivity index (χ0n) is 16.4. The molecule has 2 aliphatic heterocycles. The highest BCUT2D eigenvalue weighted by molar-refractivity contribution is 5.98. The number of likely N-dealkylation sites (tertiary alicyclic amines) is 1. The Labute approximate surface area is 166 Å². The van der Waals surface area contributed by atoms with Crippen LogP contribution in [0.25, 0.3) is 0 Å². The van der Waals surface area contributed by atoms with E-state index in [9.17, 15) is 14.4 Å². The van der Waals surface area contributed by atoms with Crippen molar-refractivity contribution in [3.63, 3.8) is 0 Å². The van der Waals surface area contributed by atoms with Gasteiger partial charge in [0.1, 0.15) is 0 Å². The third-order valence-electron chi connectivity index (χ3n) is 6.30. The van der Waals surface area contributed by atoms with E-state index in [2.05, 4.69) is 11.4 Å². The summed E-state index contributed by atoms with van der Waals surface area (Å²) in [5.74, 6) is 0.202. The minimum Gasteiger partial charge on any atom is -0.341 e. The summed E-state index contributed by atoms with van der Waals surface area (Å²) in [6.07, 6.45) is 5.68. The van der Waals surface area contributed by atoms with Crippen LogP contribution in [0.5, 0.6) is 0 Å². The van der Waals surface area contributed by atoms with Crippen molar-refractivity contribution in [2.24, 2.45) is 0 Å². The molecule has 1 N–H and O–H groups in total. The number of fused-ring (bicyclic) bond motifs is 1. The average molecular weight is 383 g/mol. The van der Waals surface area contributed by atoms with Crippen molar-refractivity contribution in [1.29, 1.82) is 0 Å². The molecule has 2 heterocycles. The summed E-state index contributed by atoms with van der Waals surface area (Å²) in [7, 11) is 0. The van der Waals surface area contributed by atoms with E-state index in [1.165, 1.54) is 11.1 Å². The number of carbonyl (C=O) groups is 3. The van der Waals surface area contributed by atoms with Gasteiger partial charge in [0.25, 0.3) is 0 Å². The molecule has 6 heteroatoms. The molecule has 0 bridgehead atoms. The molecule has 150 valence electrons. The molecular weight excluding hydrogens is 354 g/mol. The number of ketones is 1. The van der Waals surface area contributed by atoms with E-state index in [1.54, 1.807) is 0 Å². The minimum absolute atomic E-state index is 0.0294. The average Bonchev–Trinajstić information content (AvgIpc) is 3.20. The molecule has 1 unspecified atom stereocenters. The summed E-state index contributed by atoms with van der Waals surface area (Å²) in [5, 5.41) is 3.09. The van der Waals surface area contributed by atoms with E-state index >= 15 is 0 Å². The zero-order valence-corrected chi connectivity index (χ0v) is 16.4. The van der Waals surface area contributed by atoms with E-state index in [0.717, 1.165) is 50.8 Å². The molecule has 2 fully saturated rings. The van der Waals surface area contributed by atoms with Crippen molar-refractivity contribution < 1.29 is 14.4 Å². The van der Waals surface area contributed by atoms with Crippen LogP contribution in [-0.2, 0) is 22.4 Å². The van der Waals surface area contributed by atoms with Gasteiger partial charge in [0, 0.05) is 50.6 Å². The molecule has 6 nitrogen and oxygen atoms in total. The molecule has 0 radical (unpaired) electrons. The van der Waals surface area contributed by atoms with E-state index in [1.807, 2.05) is 21.9 Å². The summed E-state index contributed by atoms with van der Waals surface area (Å²) in [6.45, 7) is 3.23. The topological polar surface area (TPSA) is 69.7 Å². The number of piperidine rings is 1. The van der Waals surface area contributed by atoms with Crippen molar-refractivity contribution in [1.82, 2.24) is 15.1 Å². The number of aryl methyl sites for hydroxylation is 2. The normalized spacial score (nSPS) is 22.3. The first kappa shape index (κ1) is 19.1. The van der Waals surface area contributed by atoms with Gasteiger partial charge in [0.05, 0.1) is 6.54 Å². The molecule has 3 aliphatic rings. The number of nitrogens with one attached hydrogen (secondary N) is 1. The summed E-state index contributed by atoms with van der Waals surface area (Å²) in [6, 6.07) is 6.10. The highest BCUT2D eigenvalue weighted by Crippen LogP contribution is 2.24. The monoisotopic (exact) mass is 383 g/mol. The summed E-state index contributed by atoms with van der Waals surface area (Å²) < 4.78 is 0. The fourth-order valence-electron chi connectivity index (χ4n) is 4.71. The quantitative estimate of drug-likeness (QED) is 0.784. The predicted molar refractivity (Wildman–Crippen MR) is 106 cm³/mol. The van der Waals surface area contributed by atoms with Crippen LogP contribution in [0.4, 0.5) is 0 Å². The highest BCUT2D eigenvalue weighted by Gasteiger charge is 2.31. The lowest BCUT2D eigenvalue weighted by atomic mass is 10.00. The van der Waals surface area contributed by atoms with Gasteiger partial charge in [-0.2, -0.15) is 0 Å². The number of carbonyl (C=O) groups excluding carboxylic acids is 3. The molecule has 2 saturated heterocycles. The lowest BCUT2D eigenvalue weighted by Gasteiger charge is -2.41. The molecular formula is C22H29N3O3. The minimum atomic E-state index is 0.0294. The van der Waals surface area contributed by atoms with E-state index in [-0.39, 0.29) is 36.5 Å². The smallest absolute Gasteiger partial charge is 0.236 e. The van der Waals surface area contributed by atoms with Gasteiger partial charge in [-0.05, 0) is 49.3 Å². The van der Waals surface area contributed by atoms with E-state index in [0.29, 0.717) is 19.6 Å². The Hall–Kier alpha value is -2.21. The van der Waals surface area contributed by atoms with Crippen LogP contribution in [0, 0.1) is 0 Å². The third kappa shape index (κ3) is 4.12. The standard InChI is InChI=1S/C22H29N3O3/c26-20(18-7-6-16-3-1-4-17(16)13-18)8-9-21(27)24-11-2-5-19(15-24)25-12-10-23-14-22(25)28/h6-7,13,19,23H,1-5,8-12,14-15H2. The number of hydrogen-bond donors (Lipinski definition) is 1. The molecule has 1 aliphatic carbocycles. The maximum absolute atomic E-state index is 12.7. The lowest BCUT2D eigenvalue weighted by Crippen LogP contribution is -2.57. The fourth-order valence-corrected chi connectivity index (χ4v) is 4.71. The first-order chi connectivity index (χ1) is 13.6. The van der Waals surface area contributed by atoms with Crippen molar-refractivity contribution in [2.75, 3.05) is 32.7 Å². The highest BCUT2D eigenvalue weighted by atomic mass is 16.2. The number of hydrogen-bond acceptors (Lipinski definition) is 4. The second-order valence-corrected chi connectivity index (χ2v) is 8.16. The van der Waals surface area contributed by atoms with Gasteiger partial charge in [-0.3, -0.25) is 14.4 Å². The van der Waals surface area contributed by atoms with Gasteiger partial charge in [0.2, 0.25) is 11.8 Å². The molecule has 2 amide bonds. The molecule has 1 atom stereocenters. The number of amides is 2. The first-order valence-corrected chi connectivity index (χ1v) is 10.5. The Bertz CT molecular complexity index is 776. The predicted octanol–water partition coefficient (Wildman–Crippen LogP) is 1.56. The second kappa shape index (κ2) is 8.43. The fraction of sp³-hybridized carbons (Fsp3) is 0.591. The lowest BCUT2D eigenvalue weighted by molar-refractivity contribution is -0.140. The molecule has 1 aromatic carbocycles. The number of piperazine rings is 1. The van der Waals surface area contributed by atoms with Crippen molar-refractivity contribution >= 4 is 17.6 Å². The van der Waals surface area contributed by atoms with Crippen molar-refractivity contribution in [3.8, 4) is 0 Å². The second-order valence-electron chi connectivity index (χ2n) is 8.16. The van der Waals surface area contributed by atoms with Crippen LogP contribution in [0.3, 0.4) is 0 Å². The Morgan fingerprint density at radius 2 is 1.93 bits per heavy atom. The number of rotatable bonds is 5. The number of nitrogens with zero attached hydrogens (tertiary/aromatic N) is 2. The molecule has 0 aromatic heterocycles. The Morgan fingerprint density at radius 3 is 2.79 bits per heavy atom. The molecule has 0 spiro atoms. The maximum Gasteiger partial charge on any atom is 0.236 e. The molecule has 4 rings (SSSR count).